The number of ether oxygens (including phenoxy) is 1. The van der Waals surface area contributed by atoms with Crippen LogP contribution in [-0.2, 0) is 4.74 Å². The van der Waals surface area contributed by atoms with Gasteiger partial charge in [0.1, 0.15) is 0 Å². The number of carbonyl (C=O) groups excluding carboxylic acids is 1. The third-order valence-corrected chi connectivity index (χ3v) is 4.59. The van der Waals surface area contributed by atoms with E-state index < -0.39 is 0 Å². The summed E-state index contributed by atoms with van der Waals surface area (Å²) in [6.07, 6.45) is 3.21. The first-order chi connectivity index (χ1) is 8.60. The van der Waals surface area contributed by atoms with Gasteiger partial charge in [0.05, 0.1) is 11.7 Å². The van der Waals surface area contributed by atoms with Crippen molar-refractivity contribution in [2.75, 3.05) is 7.11 Å². The van der Waals surface area contributed by atoms with Crippen molar-refractivity contribution in [3.63, 3.8) is 0 Å². The van der Waals surface area contributed by atoms with Gasteiger partial charge < -0.3 is 10.1 Å². The van der Waals surface area contributed by atoms with Crippen LogP contribution >= 0.6 is 38.5 Å². The normalized spacial score (nSPS) is 23.1. The molecule has 0 bridgehead atoms. The van der Waals surface area contributed by atoms with Crippen LogP contribution in [-0.4, -0.2) is 25.2 Å². The van der Waals surface area contributed by atoms with E-state index in [1.165, 1.54) is 0 Å². The fraction of sp³-hybridized carbons (Fsp3) is 0.462. The molecule has 1 amide bonds. The molecule has 2 atom stereocenters. The lowest BCUT2D eigenvalue weighted by Gasteiger charge is -2.14. The number of hydrogen-bond acceptors (Lipinski definition) is 2. The lowest BCUT2D eigenvalue weighted by Crippen LogP contribution is -2.33. The fourth-order valence-corrected chi connectivity index (χ4v) is 3.14. The van der Waals surface area contributed by atoms with Crippen LogP contribution in [0.4, 0.5) is 0 Å². The summed E-state index contributed by atoms with van der Waals surface area (Å²) in [5.74, 6) is -0.0119. The molecular weight excluding hydrogens is 409 g/mol. The number of methoxy groups -OCH3 is 1. The number of carbonyl (C=O) groups is 1. The molecule has 1 aliphatic carbocycles. The van der Waals surface area contributed by atoms with E-state index in [2.05, 4.69) is 43.8 Å². The van der Waals surface area contributed by atoms with Crippen molar-refractivity contribution in [1.29, 1.82) is 0 Å². The van der Waals surface area contributed by atoms with E-state index in [4.69, 9.17) is 4.74 Å². The second-order valence-corrected chi connectivity index (χ2v) is 6.57. The highest BCUT2D eigenvalue weighted by Gasteiger charge is 2.26. The van der Waals surface area contributed by atoms with Gasteiger partial charge in [-0.05, 0) is 76.0 Å². The maximum Gasteiger partial charge on any atom is 0.252 e. The molecule has 0 aliphatic heterocycles. The highest BCUT2D eigenvalue weighted by molar-refractivity contribution is 14.1. The number of benzene rings is 1. The molecule has 18 heavy (non-hydrogen) atoms. The lowest BCUT2D eigenvalue weighted by atomic mass is 10.2. The van der Waals surface area contributed by atoms with E-state index in [1.807, 2.05) is 18.2 Å². The van der Waals surface area contributed by atoms with Crippen molar-refractivity contribution in [3.05, 3.63) is 31.8 Å². The summed E-state index contributed by atoms with van der Waals surface area (Å²) < 4.78 is 7.20. The molecule has 0 radical (unpaired) electrons. The van der Waals surface area contributed by atoms with Crippen LogP contribution in [0.3, 0.4) is 0 Å². The number of amides is 1. The highest BCUT2D eigenvalue weighted by Crippen LogP contribution is 2.23. The lowest BCUT2D eigenvalue weighted by molar-refractivity contribution is 0.0914. The molecular formula is C13H15BrINO2. The van der Waals surface area contributed by atoms with Crippen molar-refractivity contribution in [2.24, 2.45) is 0 Å². The minimum absolute atomic E-state index is 0.0119. The number of hydrogen-bond donors (Lipinski definition) is 1. The molecule has 5 heteroatoms. The standard InChI is InChI=1S/C13H15BrINO2/c1-18-10-4-3-9(7-10)16-13(17)11-6-8(15)2-5-12(11)14/h2,5-6,9-10H,3-4,7H2,1H3,(H,16,17). The van der Waals surface area contributed by atoms with Gasteiger partial charge in [-0.25, -0.2) is 0 Å². The van der Waals surface area contributed by atoms with Crippen molar-refractivity contribution in [3.8, 4) is 0 Å². The van der Waals surface area contributed by atoms with Crippen molar-refractivity contribution >= 4 is 44.4 Å². The Morgan fingerprint density at radius 3 is 2.94 bits per heavy atom. The van der Waals surface area contributed by atoms with Gasteiger partial charge >= 0.3 is 0 Å². The Balaban J connectivity index is 2.02. The molecule has 1 saturated carbocycles. The predicted molar refractivity (Wildman–Crippen MR) is 82.8 cm³/mol. The molecule has 0 spiro atoms. The van der Waals surface area contributed by atoms with Crippen LogP contribution in [0.15, 0.2) is 22.7 Å². The zero-order chi connectivity index (χ0) is 13.1. The Morgan fingerprint density at radius 1 is 1.50 bits per heavy atom. The van der Waals surface area contributed by atoms with E-state index in [0.717, 1.165) is 27.3 Å². The Kier molecular flexibility index (Phi) is 5.03. The summed E-state index contributed by atoms with van der Waals surface area (Å²) in [6.45, 7) is 0. The predicted octanol–water partition coefficient (Wildman–Crippen LogP) is 3.35. The van der Waals surface area contributed by atoms with Crippen molar-refractivity contribution in [2.45, 2.75) is 31.4 Å². The third-order valence-electron chi connectivity index (χ3n) is 3.23. The average molecular weight is 424 g/mol. The first-order valence-corrected chi connectivity index (χ1v) is 7.76. The van der Waals surface area contributed by atoms with Gasteiger partial charge in [-0.2, -0.15) is 0 Å². The van der Waals surface area contributed by atoms with Gasteiger partial charge in [0, 0.05) is 21.2 Å². The summed E-state index contributed by atoms with van der Waals surface area (Å²) >= 11 is 5.63. The van der Waals surface area contributed by atoms with Gasteiger partial charge in [0.15, 0.2) is 0 Å². The van der Waals surface area contributed by atoms with Crippen LogP contribution < -0.4 is 5.32 Å². The molecule has 0 saturated heterocycles. The summed E-state index contributed by atoms with van der Waals surface area (Å²) in [6, 6.07) is 6.00. The Bertz CT molecular complexity index is 453. The van der Waals surface area contributed by atoms with E-state index in [1.54, 1.807) is 7.11 Å². The Hall–Kier alpha value is -0.140. The Labute approximate surface area is 129 Å². The second-order valence-electron chi connectivity index (χ2n) is 4.47. The monoisotopic (exact) mass is 423 g/mol. The number of rotatable bonds is 3. The molecule has 1 fully saturated rings. The number of halogens is 2. The zero-order valence-electron chi connectivity index (χ0n) is 10.1. The van der Waals surface area contributed by atoms with Gasteiger partial charge in [0.25, 0.3) is 5.91 Å². The minimum atomic E-state index is -0.0119. The largest absolute Gasteiger partial charge is 0.381 e. The molecule has 1 aromatic carbocycles. The number of nitrogens with one attached hydrogen (secondary N) is 1. The first-order valence-electron chi connectivity index (χ1n) is 5.89. The quantitative estimate of drug-likeness (QED) is 0.757. The van der Waals surface area contributed by atoms with Gasteiger partial charge in [-0.1, -0.05) is 0 Å². The van der Waals surface area contributed by atoms with Crippen molar-refractivity contribution < 1.29 is 9.53 Å². The Morgan fingerprint density at radius 2 is 2.28 bits per heavy atom. The second kappa shape index (κ2) is 6.34. The molecule has 0 heterocycles. The molecule has 1 aliphatic rings. The zero-order valence-corrected chi connectivity index (χ0v) is 13.8. The van der Waals surface area contributed by atoms with Gasteiger partial charge in [-0.3, -0.25) is 4.79 Å². The fourth-order valence-electron chi connectivity index (χ4n) is 2.22. The van der Waals surface area contributed by atoms with E-state index in [0.29, 0.717) is 5.56 Å². The topological polar surface area (TPSA) is 38.3 Å². The van der Waals surface area contributed by atoms with Crippen molar-refractivity contribution in [1.82, 2.24) is 5.32 Å². The van der Waals surface area contributed by atoms with Crippen LogP contribution in [0.25, 0.3) is 0 Å². The van der Waals surface area contributed by atoms with E-state index in [-0.39, 0.29) is 18.1 Å². The molecule has 3 nitrogen and oxygen atoms in total. The molecule has 2 unspecified atom stereocenters. The van der Waals surface area contributed by atoms with Crippen LogP contribution in [0.1, 0.15) is 29.6 Å². The maximum absolute atomic E-state index is 12.2. The van der Waals surface area contributed by atoms with Crippen LogP contribution in [0, 0.1) is 3.57 Å². The highest BCUT2D eigenvalue weighted by atomic mass is 127. The molecule has 0 aromatic heterocycles. The molecule has 2 rings (SSSR count). The summed E-state index contributed by atoms with van der Waals surface area (Å²) in [7, 11) is 1.73. The third kappa shape index (κ3) is 3.45. The van der Waals surface area contributed by atoms with Crippen LogP contribution in [0.5, 0.6) is 0 Å². The van der Waals surface area contributed by atoms with Crippen LogP contribution in [0.2, 0.25) is 0 Å². The molecule has 98 valence electrons. The molecule has 1 aromatic rings. The summed E-state index contributed by atoms with van der Waals surface area (Å²) in [4.78, 5) is 12.2. The average Bonchev–Trinajstić information content (AvgIpc) is 2.80. The summed E-state index contributed by atoms with van der Waals surface area (Å²) in [5.41, 5.74) is 0.697. The SMILES string of the molecule is COC1CCC(NC(=O)c2cc(I)ccc2Br)C1. The molecule has 1 N–H and O–H groups in total. The minimum Gasteiger partial charge on any atom is -0.381 e. The smallest absolute Gasteiger partial charge is 0.252 e. The summed E-state index contributed by atoms with van der Waals surface area (Å²) in [5, 5.41) is 3.08. The maximum atomic E-state index is 12.2. The van der Waals surface area contributed by atoms with Gasteiger partial charge in [0.2, 0.25) is 0 Å². The van der Waals surface area contributed by atoms with E-state index >= 15 is 0 Å². The van der Waals surface area contributed by atoms with E-state index in [9.17, 15) is 4.79 Å². The first kappa shape index (κ1) is 14.3. The van der Waals surface area contributed by atoms with Gasteiger partial charge in [-0.15, -0.1) is 0 Å².